The zero-order valence-electron chi connectivity index (χ0n) is 13.4. The third kappa shape index (κ3) is 3.03. The second-order valence-electron chi connectivity index (χ2n) is 6.76. The van der Waals surface area contributed by atoms with Gasteiger partial charge in [-0.25, -0.2) is 0 Å². The predicted octanol–water partition coefficient (Wildman–Crippen LogP) is 2.78. The maximum Gasteiger partial charge on any atom is 0.227 e. The molecule has 0 bridgehead atoms. The Morgan fingerprint density at radius 1 is 1.22 bits per heavy atom. The molecule has 2 heterocycles. The lowest BCUT2D eigenvalue weighted by Gasteiger charge is -2.33. The predicted molar refractivity (Wildman–Crippen MR) is 89.2 cm³/mol. The summed E-state index contributed by atoms with van der Waals surface area (Å²) in [4.78, 5) is 14.7. The molecule has 1 aromatic carbocycles. The molecule has 1 saturated heterocycles. The molecule has 23 heavy (non-hydrogen) atoms. The highest BCUT2D eigenvalue weighted by molar-refractivity contribution is 5.79. The molecule has 1 aromatic heterocycles. The number of nitrogens with zero attached hydrogens (tertiary/aromatic N) is 3. The number of hydrogen-bond acceptors (Lipinski definition) is 2. The molecule has 1 amide bonds. The highest BCUT2D eigenvalue weighted by Crippen LogP contribution is 2.24. The monoisotopic (exact) mass is 309 g/mol. The van der Waals surface area contributed by atoms with E-state index in [0.717, 1.165) is 31.5 Å². The van der Waals surface area contributed by atoms with E-state index in [1.54, 1.807) is 0 Å². The Morgan fingerprint density at radius 3 is 3.00 bits per heavy atom. The first kappa shape index (κ1) is 14.5. The summed E-state index contributed by atoms with van der Waals surface area (Å²) in [6.07, 6.45) is 10.1. The van der Waals surface area contributed by atoms with Crippen LogP contribution in [-0.4, -0.2) is 33.7 Å². The Bertz CT molecular complexity index is 693. The van der Waals surface area contributed by atoms with Gasteiger partial charge in [-0.1, -0.05) is 18.2 Å². The number of carbonyl (C=O) groups excluding carboxylic acids is 1. The Hall–Kier alpha value is -2.10. The largest absolute Gasteiger partial charge is 0.340 e. The molecule has 0 N–H and O–H groups in total. The molecule has 4 heteroatoms. The fourth-order valence-electron chi connectivity index (χ4n) is 3.92. The number of rotatable bonds is 3. The summed E-state index contributed by atoms with van der Waals surface area (Å²) < 4.78 is 1.99. The second-order valence-corrected chi connectivity index (χ2v) is 6.76. The smallest absolute Gasteiger partial charge is 0.227 e. The van der Waals surface area contributed by atoms with Gasteiger partial charge in [-0.2, -0.15) is 5.10 Å². The Labute approximate surface area is 137 Å². The normalized spacial score (nSPS) is 20.5. The number of fused-ring (bicyclic) bond motifs is 1. The van der Waals surface area contributed by atoms with Gasteiger partial charge < -0.3 is 4.90 Å². The summed E-state index contributed by atoms with van der Waals surface area (Å²) in [6.45, 7) is 1.66. The van der Waals surface area contributed by atoms with E-state index in [2.05, 4.69) is 23.3 Å². The standard InChI is InChI=1S/C19H23N3O/c23-19(13-15-7-8-16-4-1-5-17(16)12-15)21-10-2-6-18(14-21)22-11-3-9-20-22/h3,7-9,11-12,18H,1-2,4-6,10,13-14H2/t18-/m1/s1. The van der Waals surface area contributed by atoms with Crippen LogP contribution in [0.1, 0.15) is 42.0 Å². The number of amides is 1. The summed E-state index contributed by atoms with van der Waals surface area (Å²) in [5.74, 6) is 0.250. The number of benzene rings is 1. The SMILES string of the molecule is O=C(Cc1ccc2c(c1)CCC2)N1CCC[C@@H](n2cccn2)C1. The van der Waals surface area contributed by atoms with Gasteiger partial charge in [0.05, 0.1) is 12.5 Å². The van der Waals surface area contributed by atoms with Crippen LogP contribution in [0.2, 0.25) is 0 Å². The quantitative estimate of drug-likeness (QED) is 0.874. The molecule has 1 atom stereocenters. The van der Waals surface area contributed by atoms with Crippen molar-refractivity contribution in [2.45, 2.75) is 44.6 Å². The van der Waals surface area contributed by atoms with Gasteiger partial charge in [0.1, 0.15) is 0 Å². The van der Waals surface area contributed by atoms with Crippen molar-refractivity contribution in [1.82, 2.24) is 14.7 Å². The van der Waals surface area contributed by atoms with E-state index in [-0.39, 0.29) is 5.91 Å². The van der Waals surface area contributed by atoms with Crippen molar-refractivity contribution in [2.24, 2.45) is 0 Å². The highest BCUT2D eigenvalue weighted by atomic mass is 16.2. The summed E-state index contributed by atoms with van der Waals surface area (Å²) >= 11 is 0. The number of carbonyl (C=O) groups is 1. The van der Waals surface area contributed by atoms with Gasteiger partial charge in [-0.05, 0) is 54.9 Å². The molecule has 1 aliphatic heterocycles. The molecule has 0 saturated carbocycles. The first-order valence-corrected chi connectivity index (χ1v) is 8.67. The van der Waals surface area contributed by atoms with Gasteiger partial charge >= 0.3 is 0 Å². The maximum atomic E-state index is 12.7. The molecule has 0 spiro atoms. The molecule has 2 aliphatic rings. The van der Waals surface area contributed by atoms with Crippen LogP contribution in [0.5, 0.6) is 0 Å². The van der Waals surface area contributed by atoms with Crippen LogP contribution in [0.4, 0.5) is 0 Å². The second kappa shape index (κ2) is 6.19. The van der Waals surface area contributed by atoms with Crippen molar-refractivity contribution in [3.63, 3.8) is 0 Å². The van der Waals surface area contributed by atoms with Crippen LogP contribution in [0.3, 0.4) is 0 Å². The zero-order chi connectivity index (χ0) is 15.6. The molecule has 4 rings (SSSR count). The lowest BCUT2D eigenvalue weighted by atomic mass is 10.0. The van der Waals surface area contributed by atoms with E-state index >= 15 is 0 Å². The summed E-state index contributed by atoms with van der Waals surface area (Å²) in [6, 6.07) is 8.87. The van der Waals surface area contributed by atoms with Gasteiger partial charge in [0.25, 0.3) is 0 Å². The third-order valence-electron chi connectivity index (χ3n) is 5.17. The van der Waals surface area contributed by atoms with E-state index in [1.807, 2.05) is 28.0 Å². The van der Waals surface area contributed by atoms with E-state index in [1.165, 1.54) is 30.4 Å². The zero-order valence-corrected chi connectivity index (χ0v) is 13.4. The fourth-order valence-corrected chi connectivity index (χ4v) is 3.92. The maximum absolute atomic E-state index is 12.7. The molecule has 120 valence electrons. The molecule has 1 aliphatic carbocycles. The van der Waals surface area contributed by atoms with Crippen LogP contribution < -0.4 is 0 Å². The summed E-state index contributed by atoms with van der Waals surface area (Å²) in [7, 11) is 0. The highest BCUT2D eigenvalue weighted by Gasteiger charge is 2.25. The lowest BCUT2D eigenvalue weighted by molar-refractivity contribution is -0.132. The first-order chi connectivity index (χ1) is 11.3. The van der Waals surface area contributed by atoms with Crippen molar-refractivity contribution >= 4 is 5.91 Å². The molecule has 1 fully saturated rings. The van der Waals surface area contributed by atoms with E-state index < -0.39 is 0 Å². The van der Waals surface area contributed by atoms with Crippen LogP contribution in [0.15, 0.2) is 36.7 Å². The molecule has 0 radical (unpaired) electrons. The average molecular weight is 309 g/mol. The first-order valence-electron chi connectivity index (χ1n) is 8.67. The number of likely N-dealkylation sites (tertiary alicyclic amines) is 1. The molecule has 2 aromatic rings. The van der Waals surface area contributed by atoms with Gasteiger partial charge in [0.2, 0.25) is 5.91 Å². The minimum atomic E-state index is 0.250. The van der Waals surface area contributed by atoms with Gasteiger partial charge in [-0.3, -0.25) is 9.48 Å². The topological polar surface area (TPSA) is 38.1 Å². The van der Waals surface area contributed by atoms with Gasteiger partial charge in [0.15, 0.2) is 0 Å². The number of hydrogen-bond donors (Lipinski definition) is 0. The van der Waals surface area contributed by atoms with Crippen LogP contribution in [-0.2, 0) is 24.1 Å². The number of aryl methyl sites for hydroxylation is 2. The Balaban J connectivity index is 1.42. The number of piperidine rings is 1. The minimum Gasteiger partial charge on any atom is -0.340 e. The third-order valence-corrected chi connectivity index (χ3v) is 5.17. The van der Waals surface area contributed by atoms with E-state index in [0.29, 0.717) is 12.5 Å². The van der Waals surface area contributed by atoms with Crippen LogP contribution in [0.25, 0.3) is 0 Å². The van der Waals surface area contributed by atoms with Crippen molar-refractivity contribution < 1.29 is 4.79 Å². The van der Waals surface area contributed by atoms with Crippen molar-refractivity contribution in [1.29, 1.82) is 0 Å². The van der Waals surface area contributed by atoms with Gasteiger partial charge in [-0.15, -0.1) is 0 Å². The van der Waals surface area contributed by atoms with Crippen molar-refractivity contribution in [2.75, 3.05) is 13.1 Å². The Kier molecular flexibility index (Phi) is 3.90. The van der Waals surface area contributed by atoms with E-state index in [9.17, 15) is 4.79 Å². The Morgan fingerprint density at radius 2 is 2.13 bits per heavy atom. The lowest BCUT2D eigenvalue weighted by Crippen LogP contribution is -2.41. The molecule has 0 unspecified atom stereocenters. The van der Waals surface area contributed by atoms with Crippen molar-refractivity contribution in [3.8, 4) is 0 Å². The summed E-state index contributed by atoms with van der Waals surface area (Å²) in [5, 5.41) is 4.34. The fraction of sp³-hybridized carbons (Fsp3) is 0.474. The minimum absolute atomic E-state index is 0.250. The van der Waals surface area contributed by atoms with Crippen LogP contribution >= 0.6 is 0 Å². The molecule has 4 nitrogen and oxygen atoms in total. The van der Waals surface area contributed by atoms with Gasteiger partial charge in [0, 0.05) is 25.5 Å². The molecular weight excluding hydrogens is 286 g/mol. The average Bonchev–Trinajstić information content (AvgIpc) is 3.26. The summed E-state index contributed by atoms with van der Waals surface area (Å²) in [5.41, 5.74) is 4.08. The van der Waals surface area contributed by atoms with Crippen LogP contribution in [0, 0.1) is 0 Å². The number of aromatic nitrogens is 2. The van der Waals surface area contributed by atoms with E-state index in [4.69, 9.17) is 0 Å². The van der Waals surface area contributed by atoms with Crippen molar-refractivity contribution in [3.05, 3.63) is 53.3 Å². The molecular formula is C19H23N3O.